The van der Waals surface area contributed by atoms with Crippen molar-refractivity contribution in [2.24, 2.45) is 0 Å². The third kappa shape index (κ3) is 3.20. The summed E-state index contributed by atoms with van der Waals surface area (Å²) in [5.74, 6) is -0.449. The summed E-state index contributed by atoms with van der Waals surface area (Å²) >= 11 is 4.96. The Morgan fingerprint density at radius 2 is 2.12 bits per heavy atom. The lowest BCUT2D eigenvalue weighted by molar-refractivity contribution is -0.0891. The number of hydrogen-bond donors (Lipinski definition) is 1. The Bertz CT molecular complexity index is 802. The van der Waals surface area contributed by atoms with Gasteiger partial charge in [-0.1, -0.05) is 15.9 Å². The first-order valence-corrected chi connectivity index (χ1v) is 9.96. The number of urea groups is 1. The molecule has 0 saturated carbocycles. The summed E-state index contributed by atoms with van der Waals surface area (Å²) in [6.07, 6.45) is 2.52. The standard InChI is InChI=1S/C18H18BrFN2O2S/c19-13-1-2-15(14(20)11-13)21-17(23)22-7-5-18(6-8-22)16-12(3-9-24-18)4-10-25-16/h1-2,4,10-11H,3,5-9H2,(H,21,23). The normalized spacial score (nSPS) is 18.9. The first-order valence-electron chi connectivity index (χ1n) is 8.29. The molecule has 0 aliphatic carbocycles. The molecule has 4 nitrogen and oxygen atoms in total. The summed E-state index contributed by atoms with van der Waals surface area (Å²) in [6.45, 7) is 1.93. The number of hydrogen-bond acceptors (Lipinski definition) is 3. The summed E-state index contributed by atoms with van der Waals surface area (Å²) in [4.78, 5) is 15.5. The first-order chi connectivity index (χ1) is 12.1. The molecule has 0 radical (unpaired) electrons. The molecule has 1 aromatic carbocycles. The average molecular weight is 425 g/mol. The molecule has 0 unspecified atom stereocenters. The van der Waals surface area contributed by atoms with E-state index in [2.05, 4.69) is 32.7 Å². The number of carbonyl (C=O) groups is 1. The van der Waals surface area contributed by atoms with Gasteiger partial charge >= 0.3 is 6.03 Å². The van der Waals surface area contributed by atoms with Gasteiger partial charge in [-0.25, -0.2) is 9.18 Å². The van der Waals surface area contributed by atoms with Crippen molar-refractivity contribution in [1.29, 1.82) is 0 Å². The Labute approximate surface area is 158 Å². The molecule has 2 aliphatic heterocycles. The molecule has 25 heavy (non-hydrogen) atoms. The van der Waals surface area contributed by atoms with Crippen LogP contribution in [0.25, 0.3) is 0 Å². The number of nitrogens with one attached hydrogen (secondary N) is 1. The molecule has 4 rings (SSSR count). The van der Waals surface area contributed by atoms with E-state index in [0.717, 1.165) is 25.9 Å². The summed E-state index contributed by atoms with van der Waals surface area (Å²) in [6, 6.07) is 6.52. The highest BCUT2D eigenvalue weighted by Gasteiger charge is 2.42. The first kappa shape index (κ1) is 17.0. The van der Waals surface area contributed by atoms with Crippen LogP contribution in [0.4, 0.5) is 14.9 Å². The van der Waals surface area contributed by atoms with Crippen LogP contribution in [-0.2, 0) is 16.8 Å². The number of nitrogens with zero attached hydrogens (tertiary/aromatic N) is 1. The van der Waals surface area contributed by atoms with Crippen molar-refractivity contribution in [3.63, 3.8) is 0 Å². The maximum absolute atomic E-state index is 13.9. The van der Waals surface area contributed by atoms with Crippen molar-refractivity contribution < 1.29 is 13.9 Å². The summed E-state index contributed by atoms with van der Waals surface area (Å²) in [7, 11) is 0. The fourth-order valence-corrected chi connectivity index (χ4v) is 5.08. The number of halogens is 2. The molecule has 3 heterocycles. The van der Waals surface area contributed by atoms with Crippen LogP contribution in [0.1, 0.15) is 23.3 Å². The van der Waals surface area contributed by atoms with Crippen LogP contribution in [0.3, 0.4) is 0 Å². The monoisotopic (exact) mass is 424 g/mol. The largest absolute Gasteiger partial charge is 0.369 e. The molecule has 2 aromatic rings. The van der Waals surface area contributed by atoms with Crippen LogP contribution in [0.2, 0.25) is 0 Å². The zero-order chi connectivity index (χ0) is 17.4. The second kappa shape index (κ2) is 6.70. The molecule has 1 aromatic heterocycles. The van der Waals surface area contributed by atoms with Crippen LogP contribution < -0.4 is 5.32 Å². The number of amides is 2. The molecule has 7 heteroatoms. The fourth-order valence-electron chi connectivity index (χ4n) is 3.58. The third-order valence-electron chi connectivity index (χ3n) is 4.94. The lowest BCUT2D eigenvalue weighted by Crippen LogP contribution is -2.49. The number of fused-ring (bicyclic) bond motifs is 2. The number of carbonyl (C=O) groups excluding carboxylic acids is 1. The van der Waals surface area contributed by atoms with Crippen LogP contribution in [-0.4, -0.2) is 30.6 Å². The molecule has 2 amide bonds. The maximum atomic E-state index is 13.9. The fraction of sp³-hybridized carbons (Fsp3) is 0.389. The molecule has 0 atom stereocenters. The van der Waals surface area contributed by atoms with Gasteiger partial charge in [0.2, 0.25) is 0 Å². The number of rotatable bonds is 1. The van der Waals surface area contributed by atoms with Gasteiger partial charge in [-0.05, 0) is 54.5 Å². The molecular formula is C18H18BrFN2O2S. The van der Waals surface area contributed by atoms with Gasteiger partial charge in [0.05, 0.1) is 12.3 Å². The van der Waals surface area contributed by atoms with Crippen LogP contribution in [0.15, 0.2) is 34.1 Å². The summed E-state index contributed by atoms with van der Waals surface area (Å²) in [5.41, 5.74) is 1.33. The molecule has 1 fully saturated rings. The van der Waals surface area contributed by atoms with E-state index in [1.165, 1.54) is 16.5 Å². The minimum Gasteiger partial charge on any atom is -0.369 e. The van der Waals surface area contributed by atoms with Crippen molar-refractivity contribution >= 4 is 39.0 Å². The number of benzene rings is 1. The molecule has 132 valence electrons. The molecule has 1 spiro atoms. The van der Waals surface area contributed by atoms with Gasteiger partial charge in [-0.15, -0.1) is 11.3 Å². The minimum absolute atomic E-state index is 0.197. The van der Waals surface area contributed by atoms with Crippen LogP contribution >= 0.6 is 27.3 Å². The van der Waals surface area contributed by atoms with Crippen molar-refractivity contribution in [2.45, 2.75) is 24.9 Å². The van der Waals surface area contributed by atoms with Crippen LogP contribution in [0.5, 0.6) is 0 Å². The van der Waals surface area contributed by atoms with Gasteiger partial charge < -0.3 is 15.0 Å². The van der Waals surface area contributed by atoms with Gasteiger partial charge in [0.1, 0.15) is 11.4 Å². The van der Waals surface area contributed by atoms with Crippen LogP contribution in [0, 0.1) is 5.82 Å². The zero-order valence-electron chi connectivity index (χ0n) is 13.6. The second-order valence-electron chi connectivity index (χ2n) is 6.41. The molecular weight excluding hydrogens is 407 g/mol. The summed E-state index contributed by atoms with van der Waals surface area (Å²) < 4.78 is 20.7. The highest BCUT2D eigenvalue weighted by molar-refractivity contribution is 9.10. The highest BCUT2D eigenvalue weighted by Crippen LogP contribution is 2.44. The topological polar surface area (TPSA) is 41.6 Å². The lowest BCUT2D eigenvalue weighted by atomic mass is 9.85. The Hall–Kier alpha value is -1.44. The van der Waals surface area contributed by atoms with Gasteiger partial charge in [0.15, 0.2) is 0 Å². The van der Waals surface area contributed by atoms with E-state index in [4.69, 9.17) is 4.74 Å². The molecule has 1 saturated heterocycles. The van der Waals surface area contributed by atoms with E-state index in [1.807, 2.05) is 0 Å². The summed E-state index contributed by atoms with van der Waals surface area (Å²) in [5, 5.41) is 4.79. The Morgan fingerprint density at radius 1 is 1.32 bits per heavy atom. The maximum Gasteiger partial charge on any atom is 0.321 e. The highest BCUT2D eigenvalue weighted by atomic mass is 79.9. The van der Waals surface area contributed by atoms with Gasteiger partial charge in [0.25, 0.3) is 0 Å². The Kier molecular flexibility index (Phi) is 4.56. The molecule has 0 bridgehead atoms. The smallest absolute Gasteiger partial charge is 0.321 e. The van der Waals surface area contributed by atoms with E-state index < -0.39 is 5.82 Å². The van der Waals surface area contributed by atoms with Crippen molar-refractivity contribution in [3.05, 3.63) is 50.4 Å². The predicted octanol–water partition coefficient (Wildman–Crippen LogP) is 4.75. The van der Waals surface area contributed by atoms with Crippen molar-refractivity contribution in [2.75, 3.05) is 25.0 Å². The van der Waals surface area contributed by atoms with E-state index in [9.17, 15) is 9.18 Å². The second-order valence-corrected chi connectivity index (χ2v) is 8.24. The van der Waals surface area contributed by atoms with E-state index in [1.54, 1.807) is 28.4 Å². The number of anilines is 1. The number of ether oxygens (including phenoxy) is 1. The minimum atomic E-state index is -0.449. The number of thiophene rings is 1. The predicted molar refractivity (Wildman–Crippen MR) is 99.6 cm³/mol. The molecule has 2 aliphatic rings. The van der Waals surface area contributed by atoms with E-state index in [0.29, 0.717) is 17.6 Å². The van der Waals surface area contributed by atoms with Gasteiger partial charge in [0, 0.05) is 22.4 Å². The Morgan fingerprint density at radius 3 is 2.88 bits per heavy atom. The average Bonchev–Trinajstić information content (AvgIpc) is 3.08. The van der Waals surface area contributed by atoms with Crippen molar-refractivity contribution in [1.82, 2.24) is 4.90 Å². The lowest BCUT2D eigenvalue weighted by Gasteiger charge is -2.43. The van der Waals surface area contributed by atoms with E-state index in [-0.39, 0.29) is 17.3 Å². The quantitative estimate of drug-likeness (QED) is 0.717. The van der Waals surface area contributed by atoms with E-state index >= 15 is 0 Å². The molecule has 1 N–H and O–H groups in total. The zero-order valence-corrected chi connectivity index (χ0v) is 16.0. The SMILES string of the molecule is O=C(Nc1ccc(Br)cc1F)N1CCC2(CC1)OCCc1ccsc12. The van der Waals surface area contributed by atoms with Gasteiger partial charge in [-0.2, -0.15) is 0 Å². The van der Waals surface area contributed by atoms with Crippen molar-refractivity contribution in [3.8, 4) is 0 Å². The number of likely N-dealkylation sites (tertiary alicyclic amines) is 1. The number of piperidine rings is 1. The third-order valence-corrected chi connectivity index (χ3v) is 6.58. The van der Waals surface area contributed by atoms with Gasteiger partial charge in [-0.3, -0.25) is 0 Å². The Balaban J connectivity index is 1.43.